The van der Waals surface area contributed by atoms with Crippen LogP contribution in [0.2, 0.25) is 0 Å². The number of anilines is 1. The monoisotopic (exact) mass is 251 g/mol. The summed E-state index contributed by atoms with van der Waals surface area (Å²) in [5, 5.41) is 9.36. The molecule has 0 bridgehead atoms. The first-order chi connectivity index (χ1) is 9.15. The highest BCUT2D eigenvalue weighted by atomic mass is 16.3. The van der Waals surface area contributed by atoms with Gasteiger partial charge >= 0.3 is 0 Å². The lowest BCUT2D eigenvalue weighted by atomic mass is 9.91. The van der Waals surface area contributed by atoms with Crippen molar-refractivity contribution in [1.29, 1.82) is 0 Å². The first-order valence-electron chi connectivity index (χ1n) is 6.48. The maximum atomic E-state index is 9.36. The molecule has 1 atom stereocenters. The third kappa shape index (κ3) is 2.10. The maximum absolute atomic E-state index is 9.36. The summed E-state index contributed by atoms with van der Waals surface area (Å²) in [5.41, 5.74) is 4.80. The standard InChI is InChI=1S/C17H17NO/c1-12-3-7-15(8-4-12)18-13(2)11-17(18)14-5-9-16(19)10-6-14/h3-10,17,19H,2,11H2,1H3. The second kappa shape index (κ2) is 4.47. The van der Waals surface area contributed by atoms with Crippen molar-refractivity contribution < 1.29 is 5.11 Å². The zero-order valence-corrected chi connectivity index (χ0v) is 11.0. The van der Waals surface area contributed by atoms with Gasteiger partial charge in [-0.3, -0.25) is 0 Å². The SMILES string of the molecule is C=C1CC(c2ccc(O)cc2)N1c1ccc(C)cc1. The van der Waals surface area contributed by atoms with Crippen molar-refractivity contribution >= 4 is 5.69 Å². The molecule has 0 aromatic heterocycles. The van der Waals surface area contributed by atoms with Crippen molar-refractivity contribution in [2.45, 2.75) is 19.4 Å². The number of nitrogens with zero attached hydrogens (tertiary/aromatic N) is 1. The molecule has 0 amide bonds. The summed E-state index contributed by atoms with van der Waals surface area (Å²) in [4.78, 5) is 2.26. The minimum Gasteiger partial charge on any atom is -0.508 e. The summed E-state index contributed by atoms with van der Waals surface area (Å²) < 4.78 is 0. The Hall–Kier alpha value is -2.22. The fourth-order valence-electron chi connectivity index (χ4n) is 2.55. The Morgan fingerprint density at radius 3 is 2.26 bits per heavy atom. The normalized spacial score (nSPS) is 18.3. The van der Waals surface area contributed by atoms with Gasteiger partial charge in [-0.05, 0) is 36.8 Å². The van der Waals surface area contributed by atoms with Crippen LogP contribution in [0.15, 0.2) is 60.8 Å². The van der Waals surface area contributed by atoms with Gasteiger partial charge in [0, 0.05) is 17.8 Å². The fraction of sp³-hybridized carbons (Fsp3) is 0.176. The van der Waals surface area contributed by atoms with Crippen LogP contribution < -0.4 is 4.90 Å². The largest absolute Gasteiger partial charge is 0.508 e. The zero-order chi connectivity index (χ0) is 13.4. The second-order valence-corrected chi connectivity index (χ2v) is 5.08. The number of rotatable bonds is 2. The van der Waals surface area contributed by atoms with Crippen LogP contribution in [0.3, 0.4) is 0 Å². The molecule has 0 saturated carbocycles. The fourth-order valence-corrected chi connectivity index (χ4v) is 2.55. The molecule has 1 aliphatic heterocycles. The van der Waals surface area contributed by atoms with Crippen molar-refractivity contribution in [3.63, 3.8) is 0 Å². The molecule has 0 spiro atoms. The van der Waals surface area contributed by atoms with Gasteiger partial charge < -0.3 is 10.0 Å². The predicted molar refractivity (Wildman–Crippen MR) is 78.3 cm³/mol. The Labute approximate surface area is 113 Å². The van der Waals surface area contributed by atoms with Crippen LogP contribution in [0, 0.1) is 6.92 Å². The molecule has 1 N–H and O–H groups in total. The van der Waals surface area contributed by atoms with Crippen LogP contribution in [-0.4, -0.2) is 5.11 Å². The molecular weight excluding hydrogens is 234 g/mol. The highest BCUT2D eigenvalue weighted by Gasteiger charge is 2.33. The lowest BCUT2D eigenvalue weighted by Gasteiger charge is -2.45. The number of aromatic hydroxyl groups is 1. The van der Waals surface area contributed by atoms with Crippen molar-refractivity contribution in [1.82, 2.24) is 0 Å². The Balaban J connectivity index is 1.90. The molecule has 1 unspecified atom stereocenters. The molecule has 1 saturated heterocycles. The third-order valence-corrected chi connectivity index (χ3v) is 3.67. The van der Waals surface area contributed by atoms with Gasteiger partial charge in [0.2, 0.25) is 0 Å². The van der Waals surface area contributed by atoms with Gasteiger partial charge in [-0.1, -0.05) is 36.4 Å². The van der Waals surface area contributed by atoms with E-state index < -0.39 is 0 Å². The summed E-state index contributed by atoms with van der Waals surface area (Å²) in [5.74, 6) is 0.309. The van der Waals surface area contributed by atoms with Gasteiger partial charge in [-0.2, -0.15) is 0 Å². The van der Waals surface area contributed by atoms with E-state index in [9.17, 15) is 5.11 Å². The highest BCUT2D eigenvalue weighted by Crippen LogP contribution is 2.44. The van der Waals surface area contributed by atoms with Gasteiger partial charge in [0.15, 0.2) is 0 Å². The van der Waals surface area contributed by atoms with E-state index in [1.54, 1.807) is 12.1 Å². The topological polar surface area (TPSA) is 23.5 Å². The van der Waals surface area contributed by atoms with E-state index in [2.05, 4.69) is 42.7 Å². The zero-order valence-electron chi connectivity index (χ0n) is 11.0. The average Bonchev–Trinajstić information content (AvgIpc) is 2.40. The molecule has 1 fully saturated rings. The van der Waals surface area contributed by atoms with Crippen LogP contribution in [-0.2, 0) is 0 Å². The van der Waals surface area contributed by atoms with Gasteiger partial charge in [-0.25, -0.2) is 0 Å². The van der Waals surface area contributed by atoms with Crippen molar-refractivity contribution in [2.24, 2.45) is 0 Å². The molecule has 2 aromatic carbocycles. The van der Waals surface area contributed by atoms with Gasteiger partial charge in [0.05, 0.1) is 6.04 Å². The molecule has 1 aliphatic rings. The van der Waals surface area contributed by atoms with E-state index in [4.69, 9.17) is 0 Å². The first kappa shape index (κ1) is 11.8. The van der Waals surface area contributed by atoms with E-state index >= 15 is 0 Å². The minimum atomic E-state index is 0.309. The number of phenolic OH excluding ortho intramolecular Hbond substituents is 1. The van der Waals surface area contributed by atoms with Crippen LogP contribution >= 0.6 is 0 Å². The smallest absolute Gasteiger partial charge is 0.115 e. The Kier molecular flexibility index (Phi) is 2.79. The summed E-state index contributed by atoms with van der Waals surface area (Å²) in [6.45, 7) is 6.20. The molecule has 96 valence electrons. The van der Waals surface area contributed by atoms with Gasteiger partial charge in [0.1, 0.15) is 5.75 Å². The summed E-state index contributed by atoms with van der Waals surface area (Å²) in [6.07, 6.45) is 0.971. The van der Waals surface area contributed by atoms with Crippen molar-refractivity contribution in [3.8, 4) is 5.75 Å². The van der Waals surface area contributed by atoms with Gasteiger partial charge in [0.25, 0.3) is 0 Å². The van der Waals surface area contributed by atoms with E-state index in [1.165, 1.54) is 16.8 Å². The summed E-state index contributed by atoms with van der Waals surface area (Å²) in [6, 6.07) is 16.3. The molecule has 3 rings (SSSR count). The van der Waals surface area contributed by atoms with Crippen molar-refractivity contribution in [2.75, 3.05) is 4.90 Å². The molecule has 2 aromatic rings. The van der Waals surface area contributed by atoms with E-state index in [1.807, 2.05) is 12.1 Å². The van der Waals surface area contributed by atoms with Crippen LogP contribution in [0.1, 0.15) is 23.6 Å². The third-order valence-electron chi connectivity index (χ3n) is 3.67. The lowest BCUT2D eigenvalue weighted by Crippen LogP contribution is -2.38. The predicted octanol–water partition coefficient (Wildman–Crippen LogP) is 4.17. The maximum Gasteiger partial charge on any atom is 0.115 e. The number of benzene rings is 2. The Morgan fingerprint density at radius 2 is 1.68 bits per heavy atom. The van der Waals surface area contributed by atoms with Crippen LogP contribution in [0.5, 0.6) is 5.75 Å². The average molecular weight is 251 g/mol. The van der Waals surface area contributed by atoms with E-state index in [0.29, 0.717) is 11.8 Å². The first-order valence-corrected chi connectivity index (χ1v) is 6.48. The van der Waals surface area contributed by atoms with Crippen LogP contribution in [0.25, 0.3) is 0 Å². The minimum absolute atomic E-state index is 0.309. The molecule has 0 radical (unpaired) electrons. The number of hydrogen-bond donors (Lipinski definition) is 1. The van der Waals surface area contributed by atoms with Crippen molar-refractivity contribution in [3.05, 3.63) is 71.9 Å². The number of hydrogen-bond acceptors (Lipinski definition) is 2. The molecule has 0 aliphatic carbocycles. The lowest BCUT2D eigenvalue weighted by molar-refractivity contribution is 0.474. The molecule has 2 heteroatoms. The van der Waals surface area contributed by atoms with Gasteiger partial charge in [-0.15, -0.1) is 0 Å². The summed E-state index contributed by atoms with van der Waals surface area (Å²) in [7, 11) is 0. The highest BCUT2D eigenvalue weighted by molar-refractivity contribution is 5.59. The van der Waals surface area contributed by atoms with Crippen LogP contribution in [0.4, 0.5) is 5.69 Å². The number of aryl methyl sites for hydroxylation is 1. The summed E-state index contributed by atoms with van der Waals surface area (Å²) >= 11 is 0. The molecule has 1 heterocycles. The second-order valence-electron chi connectivity index (χ2n) is 5.08. The van der Waals surface area contributed by atoms with E-state index in [-0.39, 0.29) is 0 Å². The van der Waals surface area contributed by atoms with E-state index in [0.717, 1.165) is 12.1 Å². The number of phenols is 1. The Bertz CT molecular complexity index is 598. The Morgan fingerprint density at radius 1 is 1.05 bits per heavy atom. The molecule has 19 heavy (non-hydrogen) atoms. The molecular formula is C17H17NO. The molecule has 2 nitrogen and oxygen atoms in total. The quantitative estimate of drug-likeness (QED) is 0.866.